The van der Waals surface area contributed by atoms with Crippen LogP contribution in [0.2, 0.25) is 0 Å². The number of nitrogens with zero attached hydrogens (tertiary/aromatic N) is 4. The molecule has 1 aliphatic heterocycles. The molecule has 1 unspecified atom stereocenters. The first-order chi connectivity index (χ1) is 19.6. The highest BCUT2D eigenvalue weighted by atomic mass is 32.2. The number of carbonyl (C=O) groups excluding carboxylic acids is 2. The lowest BCUT2D eigenvalue weighted by atomic mass is 9.97. The number of pyridine rings is 1. The fraction of sp³-hybridized carbons (Fsp3) is 0.0645. The van der Waals surface area contributed by atoms with Crippen LogP contribution >= 0.6 is 23.1 Å². The minimum absolute atomic E-state index is 0.0228. The molecule has 40 heavy (non-hydrogen) atoms. The molecule has 5 aromatic rings. The molecule has 1 atom stereocenters. The van der Waals surface area contributed by atoms with Crippen molar-refractivity contribution < 1.29 is 14.7 Å². The Hall–Kier alpha value is -4.60. The number of allylic oxidation sites excluding steroid dienone is 1. The van der Waals surface area contributed by atoms with Crippen LogP contribution in [0.4, 0.5) is 5.13 Å². The van der Waals surface area contributed by atoms with Gasteiger partial charge in [-0.3, -0.25) is 19.5 Å². The Bertz CT molecular complexity index is 1760. The summed E-state index contributed by atoms with van der Waals surface area (Å²) >= 11 is 2.76. The average molecular weight is 563 g/mol. The molecule has 3 heterocycles. The Morgan fingerprint density at radius 2 is 1.77 bits per heavy atom. The van der Waals surface area contributed by atoms with E-state index in [4.69, 9.17) is 0 Å². The maximum Gasteiger partial charge on any atom is 0.296 e. The van der Waals surface area contributed by atoms with Gasteiger partial charge in [0.05, 0.1) is 11.6 Å². The van der Waals surface area contributed by atoms with Gasteiger partial charge in [0.1, 0.15) is 0 Å². The zero-order valence-electron chi connectivity index (χ0n) is 21.0. The number of amides is 1. The highest BCUT2D eigenvalue weighted by Crippen LogP contribution is 2.43. The minimum Gasteiger partial charge on any atom is -0.503 e. The summed E-state index contributed by atoms with van der Waals surface area (Å²) in [6, 6.07) is 26.3. The maximum atomic E-state index is 13.4. The Morgan fingerprint density at radius 3 is 2.60 bits per heavy atom. The average Bonchev–Trinajstić information content (AvgIpc) is 3.57. The van der Waals surface area contributed by atoms with Gasteiger partial charge in [-0.1, -0.05) is 108 Å². The number of aliphatic hydroxyl groups excluding tert-OH is 1. The molecular formula is C31H22N4O3S2. The van der Waals surface area contributed by atoms with Crippen LogP contribution in [0.25, 0.3) is 16.8 Å². The first-order valence-electron chi connectivity index (χ1n) is 12.5. The molecule has 1 amide bonds. The largest absolute Gasteiger partial charge is 0.503 e. The van der Waals surface area contributed by atoms with Crippen molar-refractivity contribution in [2.24, 2.45) is 0 Å². The number of benzene rings is 3. The van der Waals surface area contributed by atoms with Gasteiger partial charge in [-0.25, -0.2) is 0 Å². The van der Waals surface area contributed by atoms with Crippen molar-refractivity contribution in [1.29, 1.82) is 0 Å². The van der Waals surface area contributed by atoms with Crippen molar-refractivity contribution in [2.45, 2.75) is 16.1 Å². The second kappa shape index (κ2) is 11.3. The summed E-state index contributed by atoms with van der Waals surface area (Å²) in [7, 11) is 0. The highest BCUT2D eigenvalue weighted by Gasteiger charge is 2.45. The van der Waals surface area contributed by atoms with Gasteiger partial charge in [-0.15, -0.1) is 10.2 Å². The lowest BCUT2D eigenvalue weighted by molar-refractivity contribution is -0.117. The van der Waals surface area contributed by atoms with E-state index in [1.807, 2.05) is 48.5 Å². The van der Waals surface area contributed by atoms with Gasteiger partial charge >= 0.3 is 0 Å². The van der Waals surface area contributed by atoms with E-state index in [0.29, 0.717) is 20.8 Å². The molecule has 0 bridgehead atoms. The van der Waals surface area contributed by atoms with Crippen molar-refractivity contribution in [3.05, 3.63) is 131 Å². The van der Waals surface area contributed by atoms with Gasteiger partial charge in [-0.2, -0.15) is 0 Å². The van der Waals surface area contributed by atoms with Crippen LogP contribution in [-0.4, -0.2) is 32.0 Å². The quantitative estimate of drug-likeness (QED) is 0.130. The predicted octanol–water partition coefficient (Wildman–Crippen LogP) is 6.56. The first kappa shape index (κ1) is 25.7. The van der Waals surface area contributed by atoms with Crippen molar-refractivity contribution in [1.82, 2.24) is 15.2 Å². The molecule has 0 fully saturated rings. The number of anilines is 1. The van der Waals surface area contributed by atoms with E-state index in [1.165, 1.54) is 50.4 Å². The van der Waals surface area contributed by atoms with Crippen LogP contribution < -0.4 is 4.90 Å². The lowest BCUT2D eigenvalue weighted by Crippen LogP contribution is -2.30. The molecule has 2 aromatic heterocycles. The van der Waals surface area contributed by atoms with Crippen LogP contribution in [0.15, 0.2) is 119 Å². The molecule has 6 rings (SSSR count). The van der Waals surface area contributed by atoms with Crippen LogP contribution in [0.3, 0.4) is 0 Å². The molecule has 0 radical (unpaired) electrons. The van der Waals surface area contributed by atoms with Gasteiger partial charge in [0.2, 0.25) is 5.13 Å². The van der Waals surface area contributed by atoms with Gasteiger partial charge in [-0.05, 0) is 39.6 Å². The number of rotatable bonds is 8. The zero-order valence-corrected chi connectivity index (χ0v) is 22.7. The SMILES string of the molecule is O=C(/C=C/c1ccccc1)C1=C(O)C(=O)N(c2nnc(SCc3cccc4ccccc34)s2)C1c1cccnc1. The normalized spacial score (nSPS) is 15.4. The number of carbonyl (C=O) groups is 2. The molecule has 9 heteroatoms. The van der Waals surface area contributed by atoms with Crippen LogP contribution in [0.1, 0.15) is 22.7 Å². The standard InChI is InChI=1S/C31H22N4O3S2/c36-25(16-15-20-8-2-1-3-9-20)26-27(22-13-7-17-32-18-22)35(29(38)28(26)37)30-33-34-31(40-30)39-19-23-12-6-11-21-10-4-5-14-24(21)23/h1-18,27,37H,19H2/b16-15+. The maximum absolute atomic E-state index is 13.4. The first-order valence-corrected chi connectivity index (χ1v) is 14.3. The molecule has 7 nitrogen and oxygen atoms in total. The lowest BCUT2D eigenvalue weighted by Gasteiger charge is -2.23. The zero-order chi connectivity index (χ0) is 27.5. The van der Waals surface area contributed by atoms with Crippen molar-refractivity contribution >= 4 is 56.8 Å². The number of aromatic nitrogens is 3. The van der Waals surface area contributed by atoms with Crippen molar-refractivity contribution in [2.75, 3.05) is 4.90 Å². The third kappa shape index (κ3) is 5.04. The topological polar surface area (TPSA) is 96.3 Å². The summed E-state index contributed by atoms with van der Waals surface area (Å²) in [5.74, 6) is -1.10. The van der Waals surface area contributed by atoms with Crippen LogP contribution in [-0.2, 0) is 15.3 Å². The number of hydrogen-bond acceptors (Lipinski definition) is 8. The number of aliphatic hydroxyl groups is 1. The molecule has 0 aliphatic carbocycles. The van der Waals surface area contributed by atoms with Gasteiger partial charge in [0.15, 0.2) is 15.9 Å². The number of thioether (sulfide) groups is 1. The summed E-state index contributed by atoms with van der Waals surface area (Å²) in [4.78, 5) is 32.2. The third-order valence-corrected chi connectivity index (χ3v) is 8.64. The fourth-order valence-electron chi connectivity index (χ4n) is 4.65. The molecule has 3 aromatic carbocycles. The molecule has 1 N–H and O–H groups in total. The molecule has 0 spiro atoms. The van der Waals surface area contributed by atoms with E-state index < -0.39 is 23.5 Å². The summed E-state index contributed by atoms with van der Waals surface area (Å²) in [6.45, 7) is 0. The molecule has 0 saturated heterocycles. The van der Waals surface area contributed by atoms with E-state index >= 15 is 0 Å². The van der Waals surface area contributed by atoms with E-state index in [-0.39, 0.29) is 5.57 Å². The summed E-state index contributed by atoms with van der Waals surface area (Å²) in [5.41, 5.74) is 2.55. The Morgan fingerprint density at radius 1 is 0.975 bits per heavy atom. The van der Waals surface area contributed by atoms with Crippen molar-refractivity contribution in [3.63, 3.8) is 0 Å². The molecule has 1 aliphatic rings. The van der Waals surface area contributed by atoms with E-state index in [0.717, 1.165) is 5.56 Å². The number of ketones is 1. The van der Waals surface area contributed by atoms with E-state index in [9.17, 15) is 14.7 Å². The van der Waals surface area contributed by atoms with Crippen molar-refractivity contribution in [3.8, 4) is 0 Å². The Balaban J connectivity index is 1.29. The van der Waals surface area contributed by atoms with E-state index in [2.05, 4.69) is 39.4 Å². The minimum atomic E-state index is -0.891. The summed E-state index contributed by atoms with van der Waals surface area (Å²) in [5, 5.41) is 22.1. The van der Waals surface area contributed by atoms with E-state index in [1.54, 1.807) is 30.6 Å². The summed E-state index contributed by atoms with van der Waals surface area (Å²) in [6.07, 6.45) is 6.21. The van der Waals surface area contributed by atoms with Gasteiger partial charge in [0.25, 0.3) is 5.91 Å². The number of fused-ring (bicyclic) bond motifs is 1. The van der Waals surface area contributed by atoms with Gasteiger partial charge < -0.3 is 5.11 Å². The van der Waals surface area contributed by atoms with Crippen LogP contribution in [0.5, 0.6) is 0 Å². The van der Waals surface area contributed by atoms with Crippen LogP contribution in [0, 0.1) is 0 Å². The second-order valence-electron chi connectivity index (χ2n) is 9.01. The molecular weight excluding hydrogens is 541 g/mol. The molecule has 196 valence electrons. The molecule has 0 saturated carbocycles. The predicted molar refractivity (Wildman–Crippen MR) is 158 cm³/mol. The van der Waals surface area contributed by atoms with Gasteiger partial charge in [0, 0.05) is 18.1 Å². The Labute approximate surface area is 238 Å². The monoisotopic (exact) mass is 562 g/mol. The summed E-state index contributed by atoms with van der Waals surface area (Å²) < 4.78 is 0.670. The Kier molecular flexibility index (Phi) is 7.22. The second-order valence-corrected chi connectivity index (χ2v) is 11.2. The fourth-order valence-corrected chi connectivity index (χ4v) is 6.52. The third-order valence-electron chi connectivity index (χ3n) is 6.53. The smallest absolute Gasteiger partial charge is 0.296 e. The highest BCUT2D eigenvalue weighted by molar-refractivity contribution is 8.00. The number of hydrogen-bond donors (Lipinski definition) is 1.